The molecule has 4 heteroatoms. The van der Waals surface area contributed by atoms with E-state index in [9.17, 15) is 4.79 Å². The second-order valence-electron chi connectivity index (χ2n) is 6.20. The molecule has 1 aliphatic rings. The molecule has 2 aromatic carbocycles. The first-order valence-corrected chi connectivity index (χ1v) is 8.17. The lowest BCUT2D eigenvalue weighted by Crippen LogP contribution is -2.38. The van der Waals surface area contributed by atoms with Crippen LogP contribution < -0.4 is 9.47 Å². The maximum absolute atomic E-state index is 12.9. The van der Waals surface area contributed by atoms with Gasteiger partial charge in [0, 0.05) is 12.1 Å². The minimum atomic E-state index is 0.00218. The molecule has 0 saturated carbocycles. The van der Waals surface area contributed by atoms with Gasteiger partial charge in [-0.15, -0.1) is 0 Å². The van der Waals surface area contributed by atoms with Crippen molar-refractivity contribution < 1.29 is 14.3 Å². The van der Waals surface area contributed by atoms with Gasteiger partial charge in [-0.05, 0) is 55.7 Å². The SMILES string of the molecule is COc1cc2c(cc1OC)[C@@H](C)N(C(=O)c1ccc(C)cc1)CC2. The van der Waals surface area contributed by atoms with Gasteiger partial charge in [0.1, 0.15) is 0 Å². The summed E-state index contributed by atoms with van der Waals surface area (Å²) in [5.41, 5.74) is 4.23. The summed E-state index contributed by atoms with van der Waals surface area (Å²) in [5.74, 6) is 1.51. The summed E-state index contributed by atoms with van der Waals surface area (Å²) >= 11 is 0. The van der Waals surface area contributed by atoms with Gasteiger partial charge in [-0.1, -0.05) is 17.7 Å². The Morgan fingerprint density at radius 1 is 1.08 bits per heavy atom. The van der Waals surface area contributed by atoms with Crippen LogP contribution in [0.2, 0.25) is 0 Å². The largest absolute Gasteiger partial charge is 0.493 e. The van der Waals surface area contributed by atoms with Gasteiger partial charge in [-0.3, -0.25) is 4.79 Å². The van der Waals surface area contributed by atoms with Gasteiger partial charge in [-0.25, -0.2) is 0 Å². The highest BCUT2D eigenvalue weighted by atomic mass is 16.5. The summed E-state index contributed by atoms with van der Waals surface area (Å²) in [7, 11) is 3.27. The fraction of sp³-hybridized carbons (Fsp3) is 0.350. The van der Waals surface area contributed by atoms with Crippen molar-refractivity contribution in [2.75, 3.05) is 20.8 Å². The second kappa shape index (κ2) is 6.56. The Morgan fingerprint density at radius 3 is 2.33 bits per heavy atom. The monoisotopic (exact) mass is 325 g/mol. The zero-order chi connectivity index (χ0) is 17.3. The lowest BCUT2D eigenvalue weighted by atomic mass is 9.92. The highest BCUT2D eigenvalue weighted by Crippen LogP contribution is 2.38. The number of ether oxygens (including phenoxy) is 2. The molecule has 0 bridgehead atoms. The number of carbonyl (C=O) groups excluding carboxylic acids is 1. The van der Waals surface area contributed by atoms with Crippen molar-refractivity contribution in [3.8, 4) is 11.5 Å². The molecular weight excluding hydrogens is 302 g/mol. The molecule has 0 saturated heterocycles. The zero-order valence-electron chi connectivity index (χ0n) is 14.6. The van der Waals surface area contributed by atoms with E-state index in [1.165, 1.54) is 5.56 Å². The highest BCUT2D eigenvalue weighted by molar-refractivity contribution is 5.94. The third-order valence-corrected chi connectivity index (χ3v) is 4.74. The molecule has 0 spiro atoms. The number of benzene rings is 2. The molecule has 0 aromatic heterocycles. The Balaban J connectivity index is 1.92. The first-order chi connectivity index (χ1) is 11.5. The summed E-state index contributed by atoms with van der Waals surface area (Å²) in [6, 6.07) is 11.8. The van der Waals surface area contributed by atoms with Crippen molar-refractivity contribution in [2.24, 2.45) is 0 Å². The standard InChI is InChI=1S/C20H23NO3/c1-13-5-7-15(8-6-13)20(22)21-10-9-16-11-18(23-3)19(24-4)12-17(16)14(21)2/h5-8,11-12,14H,9-10H2,1-4H3/t14-/m1/s1. The Labute approximate surface area is 143 Å². The molecule has 0 aliphatic carbocycles. The lowest BCUT2D eigenvalue weighted by Gasteiger charge is -2.36. The molecule has 1 aliphatic heterocycles. The molecule has 0 fully saturated rings. The first kappa shape index (κ1) is 16.4. The maximum Gasteiger partial charge on any atom is 0.254 e. The maximum atomic E-state index is 12.9. The fourth-order valence-corrected chi connectivity index (χ4v) is 3.28. The van der Waals surface area contributed by atoms with Crippen LogP contribution in [0.4, 0.5) is 0 Å². The van der Waals surface area contributed by atoms with Gasteiger partial charge in [0.15, 0.2) is 11.5 Å². The van der Waals surface area contributed by atoms with Gasteiger partial charge in [0.05, 0.1) is 20.3 Å². The molecule has 126 valence electrons. The predicted molar refractivity (Wildman–Crippen MR) is 93.9 cm³/mol. The summed E-state index contributed by atoms with van der Waals surface area (Å²) in [6.07, 6.45) is 0.817. The molecule has 0 radical (unpaired) electrons. The number of hydrogen-bond acceptors (Lipinski definition) is 3. The minimum Gasteiger partial charge on any atom is -0.493 e. The predicted octanol–water partition coefficient (Wildman–Crippen LogP) is 3.77. The number of fused-ring (bicyclic) bond motifs is 1. The van der Waals surface area contributed by atoms with Crippen molar-refractivity contribution in [3.05, 3.63) is 58.7 Å². The van der Waals surface area contributed by atoms with Crippen LogP contribution in [0.25, 0.3) is 0 Å². The third kappa shape index (κ3) is 2.84. The van der Waals surface area contributed by atoms with Crippen LogP contribution in [0, 0.1) is 6.92 Å². The number of aryl methyl sites for hydroxylation is 1. The van der Waals surface area contributed by atoms with Gasteiger partial charge in [0.25, 0.3) is 5.91 Å². The van der Waals surface area contributed by atoms with E-state index in [0.717, 1.165) is 28.9 Å². The van der Waals surface area contributed by atoms with E-state index in [2.05, 4.69) is 6.92 Å². The number of carbonyl (C=O) groups is 1. The Hall–Kier alpha value is -2.49. The van der Waals surface area contributed by atoms with Gasteiger partial charge in [0.2, 0.25) is 0 Å². The number of methoxy groups -OCH3 is 2. The van der Waals surface area contributed by atoms with Crippen molar-refractivity contribution in [1.29, 1.82) is 0 Å². The molecule has 1 amide bonds. The molecule has 1 atom stereocenters. The van der Waals surface area contributed by atoms with Crippen LogP contribution in [0.1, 0.15) is 40.0 Å². The minimum absolute atomic E-state index is 0.00218. The van der Waals surface area contributed by atoms with Crippen molar-refractivity contribution in [1.82, 2.24) is 4.90 Å². The lowest BCUT2D eigenvalue weighted by molar-refractivity contribution is 0.0677. The molecule has 24 heavy (non-hydrogen) atoms. The van der Waals surface area contributed by atoms with Gasteiger partial charge < -0.3 is 14.4 Å². The quantitative estimate of drug-likeness (QED) is 0.862. The van der Waals surface area contributed by atoms with E-state index in [1.54, 1.807) is 14.2 Å². The van der Waals surface area contributed by atoms with Crippen molar-refractivity contribution in [2.45, 2.75) is 26.3 Å². The molecule has 0 unspecified atom stereocenters. The normalized spacial score (nSPS) is 16.5. The van der Waals surface area contributed by atoms with E-state index in [0.29, 0.717) is 12.3 Å². The van der Waals surface area contributed by atoms with Crippen molar-refractivity contribution >= 4 is 5.91 Å². The van der Waals surface area contributed by atoms with Crippen LogP contribution >= 0.6 is 0 Å². The van der Waals surface area contributed by atoms with E-state index in [1.807, 2.05) is 48.2 Å². The van der Waals surface area contributed by atoms with Crippen LogP contribution in [0.3, 0.4) is 0 Å². The number of amides is 1. The smallest absolute Gasteiger partial charge is 0.254 e. The second-order valence-corrected chi connectivity index (χ2v) is 6.20. The summed E-state index contributed by atoms with van der Waals surface area (Å²) < 4.78 is 10.8. The Kier molecular flexibility index (Phi) is 4.47. The van der Waals surface area contributed by atoms with E-state index >= 15 is 0 Å². The van der Waals surface area contributed by atoms with Crippen LogP contribution in [-0.2, 0) is 6.42 Å². The fourth-order valence-electron chi connectivity index (χ4n) is 3.28. The van der Waals surface area contributed by atoms with Crippen molar-refractivity contribution in [3.63, 3.8) is 0 Å². The summed E-state index contributed by atoms with van der Waals surface area (Å²) in [6.45, 7) is 4.79. The molecular formula is C20H23NO3. The zero-order valence-corrected chi connectivity index (χ0v) is 14.6. The van der Waals surface area contributed by atoms with E-state index in [-0.39, 0.29) is 11.9 Å². The molecule has 2 aromatic rings. The van der Waals surface area contributed by atoms with E-state index < -0.39 is 0 Å². The van der Waals surface area contributed by atoms with Gasteiger partial charge >= 0.3 is 0 Å². The number of rotatable bonds is 3. The van der Waals surface area contributed by atoms with Crippen LogP contribution in [0.15, 0.2) is 36.4 Å². The number of hydrogen-bond donors (Lipinski definition) is 0. The topological polar surface area (TPSA) is 38.8 Å². The Bertz CT molecular complexity index is 752. The average Bonchev–Trinajstić information content (AvgIpc) is 2.61. The molecule has 3 rings (SSSR count). The van der Waals surface area contributed by atoms with Gasteiger partial charge in [-0.2, -0.15) is 0 Å². The molecule has 0 N–H and O–H groups in total. The summed E-state index contributed by atoms with van der Waals surface area (Å²) in [4.78, 5) is 14.8. The van der Waals surface area contributed by atoms with Crippen LogP contribution in [0.5, 0.6) is 11.5 Å². The van der Waals surface area contributed by atoms with E-state index in [4.69, 9.17) is 9.47 Å². The number of nitrogens with zero attached hydrogens (tertiary/aromatic N) is 1. The first-order valence-electron chi connectivity index (χ1n) is 8.17. The highest BCUT2D eigenvalue weighted by Gasteiger charge is 2.29. The average molecular weight is 325 g/mol. The molecule has 4 nitrogen and oxygen atoms in total. The summed E-state index contributed by atoms with van der Waals surface area (Å²) in [5, 5.41) is 0. The molecule has 1 heterocycles. The third-order valence-electron chi connectivity index (χ3n) is 4.74. The Morgan fingerprint density at radius 2 is 1.71 bits per heavy atom. The van der Waals surface area contributed by atoms with Crippen LogP contribution in [-0.4, -0.2) is 31.6 Å².